The maximum Gasteiger partial charge on any atom is 0.137 e. The molecule has 0 aromatic heterocycles. The van der Waals surface area contributed by atoms with Gasteiger partial charge in [0.05, 0.1) is 10.1 Å². The van der Waals surface area contributed by atoms with Crippen LogP contribution in [0.2, 0.25) is 0 Å². The van der Waals surface area contributed by atoms with Crippen LogP contribution in [0.5, 0.6) is 0 Å². The molecule has 2 saturated carbocycles. The molecular formula is C17H22BrFO. The minimum absolute atomic E-state index is 0.241. The summed E-state index contributed by atoms with van der Waals surface area (Å²) in [5, 5.41) is 10.8. The van der Waals surface area contributed by atoms with Crippen LogP contribution < -0.4 is 0 Å². The first kappa shape index (κ1) is 14.5. The number of benzene rings is 1. The lowest BCUT2D eigenvalue weighted by Crippen LogP contribution is -2.39. The minimum atomic E-state index is -0.592. The lowest BCUT2D eigenvalue weighted by Gasteiger charge is -2.42. The summed E-state index contributed by atoms with van der Waals surface area (Å²) >= 11 is 3.22. The van der Waals surface area contributed by atoms with Gasteiger partial charge in [0.2, 0.25) is 0 Å². The number of aliphatic hydroxyl groups is 1. The van der Waals surface area contributed by atoms with Gasteiger partial charge in [-0.1, -0.05) is 18.9 Å². The Morgan fingerprint density at radius 1 is 1.05 bits per heavy atom. The fraction of sp³-hybridized carbons (Fsp3) is 0.647. The van der Waals surface area contributed by atoms with Gasteiger partial charge in [-0.3, -0.25) is 0 Å². The average molecular weight is 341 g/mol. The van der Waals surface area contributed by atoms with E-state index in [1.807, 2.05) is 0 Å². The highest BCUT2D eigenvalue weighted by atomic mass is 79.9. The van der Waals surface area contributed by atoms with Crippen LogP contribution in [0.4, 0.5) is 4.39 Å². The van der Waals surface area contributed by atoms with Gasteiger partial charge in [-0.2, -0.15) is 0 Å². The predicted octanol–water partition coefficient (Wildman–Crippen LogP) is 5.00. The van der Waals surface area contributed by atoms with Crippen molar-refractivity contribution in [2.45, 2.75) is 63.4 Å². The molecule has 3 heteroatoms. The van der Waals surface area contributed by atoms with Crippen LogP contribution in [-0.2, 0) is 6.42 Å². The molecule has 1 N–H and O–H groups in total. The summed E-state index contributed by atoms with van der Waals surface area (Å²) in [4.78, 5) is 0. The first-order chi connectivity index (χ1) is 9.50. The second-order valence-electron chi connectivity index (χ2n) is 6.86. The highest BCUT2D eigenvalue weighted by Crippen LogP contribution is 2.51. The van der Waals surface area contributed by atoms with Crippen molar-refractivity contribution in [2.24, 2.45) is 5.41 Å². The maximum absolute atomic E-state index is 13.3. The van der Waals surface area contributed by atoms with E-state index in [2.05, 4.69) is 15.9 Å². The summed E-state index contributed by atoms with van der Waals surface area (Å²) in [6.45, 7) is 0. The van der Waals surface area contributed by atoms with E-state index < -0.39 is 5.60 Å². The molecule has 1 spiro atoms. The number of rotatable bonds is 2. The Bertz CT molecular complexity index is 484. The largest absolute Gasteiger partial charge is 0.390 e. The van der Waals surface area contributed by atoms with Crippen molar-refractivity contribution < 1.29 is 9.50 Å². The van der Waals surface area contributed by atoms with Crippen molar-refractivity contribution in [3.8, 4) is 0 Å². The van der Waals surface area contributed by atoms with Gasteiger partial charge in [-0.15, -0.1) is 0 Å². The van der Waals surface area contributed by atoms with Crippen molar-refractivity contribution >= 4 is 15.9 Å². The van der Waals surface area contributed by atoms with Gasteiger partial charge in [0.25, 0.3) is 0 Å². The smallest absolute Gasteiger partial charge is 0.137 e. The monoisotopic (exact) mass is 340 g/mol. The zero-order chi connectivity index (χ0) is 14.2. The Labute approximate surface area is 128 Å². The molecule has 2 fully saturated rings. The summed E-state index contributed by atoms with van der Waals surface area (Å²) in [5.74, 6) is -0.241. The molecule has 0 atom stereocenters. The van der Waals surface area contributed by atoms with Gasteiger partial charge in [0.1, 0.15) is 5.82 Å². The van der Waals surface area contributed by atoms with Crippen molar-refractivity contribution in [1.29, 1.82) is 0 Å². The number of halogens is 2. The molecule has 0 amide bonds. The third-order valence-electron chi connectivity index (χ3n) is 5.42. The molecule has 1 aromatic carbocycles. The highest BCUT2D eigenvalue weighted by molar-refractivity contribution is 9.10. The summed E-state index contributed by atoms with van der Waals surface area (Å²) < 4.78 is 13.8. The molecule has 0 radical (unpaired) electrons. The molecule has 0 unspecified atom stereocenters. The molecule has 1 aromatic rings. The molecule has 0 bridgehead atoms. The zero-order valence-corrected chi connectivity index (χ0v) is 13.4. The van der Waals surface area contributed by atoms with Gasteiger partial charge in [0, 0.05) is 6.42 Å². The first-order valence-corrected chi connectivity index (χ1v) is 8.46. The molecular weight excluding hydrogens is 319 g/mol. The van der Waals surface area contributed by atoms with E-state index >= 15 is 0 Å². The van der Waals surface area contributed by atoms with Crippen LogP contribution in [0.3, 0.4) is 0 Å². The van der Waals surface area contributed by atoms with Crippen LogP contribution >= 0.6 is 15.9 Å². The van der Waals surface area contributed by atoms with Crippen molar-refractivity contribution in [1.82, 2.24) is 0 Å². The summed E-state index contributed by atoms with van der Waals surface area (Å²) in [5.41, 5.74) is 0.962. The summed E-state index contributed by atoms with van der Waals surface area (Å²) in [7, 11) is 0. The second-order valence-corrected chi connectivity index (χ2v) is 7.71. The van der Waals surface area contributed by atoms with Crippen molar-refractivity contribution in [3.63, 3.8) is 0 Å². The Balaban J connectivity index is 1.66. The van der Waals surface area contributed by atoms with Crippen LogP contribution in [-0.4, -0.2) is 10.7 Å². The number of hydrogen-bond donors (Lipinski definition) is 1. The second kappa shape index (κ2) is 5.42. The predicted molar refractivity (Wildman–Crippen MR) is 82.1 cm³/mol. The lowest BCUT2D eigenvalue weighted by molar-refractivity contribution is -0.0322. The SMILES string of the molecule is OC1(Cc2ccc(F)c(Br)c2)CCC2(CCCC2)CC1. The molecule has 2 aliphatic carbocycles. The molecule has 2 aliphatic rings. The minimum Gasteiger partial charge on any atom is -0.390 e. The first-order valence-electron chi connectivity index (χ1n) is 7.67. The normalized spacial score (nSPS) is 24.1. The summed E-state index contributed by atoms with van der Waals surface area (Å²) in [6.07, 6.45) is 10.2. The van der Waals surface area contributed by atoms with Gasteiger partial charge in [-0.05, 0) is 77.6 Å². The van der Waals surface area contributed by atoms with E-state index in [9.17, 15) is 9.50 Å². The lowest BCUT2D eigenvalue weighted by atomic mass is 9.66. The van der Waals surface area contributed by atoms with E-state index in [4.69, 9.17) is 0 Å². The van der Waals surface area contributed by atoms with Crippen LogP contribution in [0.15, 0.2) is 22.7 Å². The Morgan fingerprint density at radius 2 is 1.70 bits per heavy atom. The van der Waals surface area contributed by atoms with Gasteiger partial charge in [-0.25, -0.2) is 4.39 Å². The number of hydrogen-bond acceptors (Lipinski definition) is 1. The van der Waals surface area contributed by atoms with E-state index in [0.29, 0.717) is 16.3 Å². The van der Waals surface area contributed by atoms with E-state index in [-0.39, 0.29) is 5.82 Å². The Morgan fingerprint density at radius 3 is 2.30 bits per heavy atom. The average Bonchev–Trinajstić information content (AvgIpc) is 2.87. The molecule has 0 aliphatic heterocycles. The molecule has 1 nitrogen and oxygen atoms in total. The molecule has 0 heterocycles. The Kier molecular flexibility index (Phi) is 3.93. The zero-order valence-electron chi connectivity index (χ0n) is 11.8. The molecule has 20 heavy (non-hydrogen) atoms. The maximum atomic E-state index is 13.3. The van der Waals surface area contributed by atoms with E-state index in [1.54, 1.807) is 12.1 Å². The molecule has 110 valence electrons. The van der Waals surface area contributed by atoms with E-state index in [0.717, 1.165) is 31.2 Å². The van der Waals surface area contributed by atoms with Gasteiger partial charge >= 0.3 is 0 Å². The highest BCUT2D eigenvalue weighted by Gasteiger charge is 2.42. The Hall–Kier alpha value is -0.410. The third-order valence-corrected chi connectivity index (χ3v) is 6.03. The third kappa shape index (κ3) is 2.94. The van der Waals surface area contributed by atoms with E-state index in [1.165, 1.54) is 31.7 Å². The fourth-order valence-electron chi connectivity index (χ4n) is 4.08. The fourth-order valence-corrected chi connectivity index (χ4v) is 4.50. The topological polar surface area (TPSA) is 20.2 Å². The van der Waals surface area contributed by atoms with Crippen LogP contribution in [0, 0.1) is 11.2 Å². The van der Waals surface area contributed by atoms with Crippen LogP contribution in [0.25, 0.3) is 0 Å². The van der Waals surface area contributed by atoms with Gasteiger partial charge in [0.15, 0.2) is 0 Å². The van der Waals surface area contributed by atoms with Crippen LogP contribution in [0.1, 0.15) is 56.9 Å². The van der Waals surface area contributed by atoms with Gasteiger partial charge < -0.3 is 5.11 Å². The quantitative estimate of drug-likeness (QED) is 0.803. The molecule has 3 rings (SSSR count). The summed E-state index contributed by atoms with van der Waals surface area (Å²) in [6, 6.07) is 5.06. The standard InChI is InChI=1S/C17H22BrFO/c18-14-11-13(3-4-15(14)19)12-17(20)9-7-16(8-10-17)5-1-2-6-16/h3-4,11,20H,1-2,5-10,12H2. The van der Waals surface area contributed by atoms with Crippen molar-refractivity contribution in [2.75, 3.05) is 0 Å². The van der Waals surface area contributed by atoms with Crippen molar-refractivity contribution in [3.05, 3.63) is 34.1 Å². The molecule has 0 saturated heterocycles.